The summed E-state index contributed by atoms with van der Waals surface area (Å²) in [5, 5.41) is 21.7. The Labute approximate surface area is 157 Å². The third kappa shape index (κ3) is 5.78. The lowest BCUT2D eigenvalue weighted by atomic mass is 9.97. The highest BCUT2D eigenvalue weighted by molar-refractivity contribution is 5.72. The first kappa shape index (κ1) is 20.3. The second-order valence-electron chi connectivity index (χ2n) is 7.15. The minimum absolute atomic E-state index is 0.0405. The fourth-order valence-electron chi connectivity index (χ4n) is 3.55. The molecule has 2 unspecified atom stereocenters. The Hall–Kier alpha value is -1.98. The van der Waals surface area contributed by atoms with E-state index >= 15 is 0 Å². The zero-order valence-electron chi connectivity index (χ0n) is 15.9. The van der Waals surface area contributed by atoms with Crippen molar-refractivity contribution in [2.45, 2.75) is 51.4 Å². The Morgan fingerprint density at radius 2 is 2.12 bits per heavy atom. The summed E-state index contributed by atoms with van der Waals surface area (Å²) < 4.78 is 0. The van der Waals surface area contributed by atoms with Gasteiger partial charge in [0.05, 0.1) is 12.0 Å². The first-order valence-electron chi connectivity index (χ1n) is 9.44. The van der Waals surface area contributed by atoms with Crippen LogP contribution in [0.5, 0.6) is 0 Å². The van der Waals surface area contributed by atoms with Gasteiger partial charge in [0, 0.05) is 24.2 Å². The van der Waals surface area contributed by atoms with Crippen LogP contribution in [0.3, 0.4) is 0 Å². The summed E-state index contributed by atoms with van der Waals surface area (Å²) in [5.74, 6) is -0.353. The maximum atomic E-state index is 10.8. The van der Waals surface area contributed by atoms with Gasteiger partial charge in [-0.15, -0.1) is 6.58 Å². The van der Waals surface area contributed by atoms with Gasteiger partial charge in [0.1, 0.15) is 6.23 Å². The monoisotopic (exact) mass is 356 g/mol. The molecule has 0 aromatic rings. The number of nitrogens with zero attached hydrogens (tertiary/aromatic N) is 2. The Kier molecular flexibility index (Phi) is 8.01. The summed E-state index contributed by atoms with van der Waals surface area (Å²) >= 11 is 0. The number of hydrogen-bond acceptors (Lipinski definition) is 5. The van der Waals surface area contributed by atoms with Crippen molar-refractivity contribution in [3.8, 4) is 0 Å². The third-order valence-corrected chi connectivity index (χ3v) is 4.94. The summed E-state index contributed by atoms with van der Waals surface area (Å²) in [6, 6.07) is 0.224. The van der Waals surface area contributed by atoms with Gasteiger partial charge in [0.15, 0.2) is 0 Å². The molecule has 5 heteroatoms. The zero-order valence-corrected chi connectivity index (χ0v) is 15.9. The van der Waals surface area contributed by atoms with Crippen LogP contribution in [0.2, 0.25) is 0 Å². The highest BCUT2D eigenvalue weighted by atomic mass is 16.3. The van der Waals surface area contributed by atoms with Crippen molar-refractivity contribution in [2.75, 3.05) is 13.1 Å². The molecule has 0 spiro atoms. The van der Waals surface area contributed by atoms with Crippen molar-refractivity contribution in [1.82, 2.24) is 10.2 Å². The quantitative estimate of drug-likeness (QED) is 0.373. The number of likely N-dealkylation sites (tertiary alicyclic amines) is 1. The van der Waals surface area contributed by atoms with Gasteiger partial charge in [0.25, 0.3) is 0 Å². The van der Waals surface area contributed by atoms with E-state index in [1.165, 1.54) is 11.8 Å². The van der Waals surface area contributed by atoms with E-state index in [-0.39, 0.29) is 18.0 Å². The number of aliphatic hydroxyl groups excluding tert-OH is 1. The number of hydrogen-bond donors (Lipinski definition) is 3. The molecule has 0 bridgehead atoms. The molecule has 5 nitrogen and oxygen atoms in total. The first-order valence-corrected chi connectivity index (χ1v) is 9.44. The second kappa shape index (κ2) is 10.2. The van der Waals surface area contributed by atoms with Crippen molar-refractivity contribution in [2.24, 2.45) is 10.9 Å². The molecule has 26 heavy (non-hydrogen) atoms. The summed E-state index contributed by atoms with van der Waals surface area (Å²) in [6.07, 6.45) is 15.2. The Morgan fingerprint density at radius 3 is 2.77 bits per heavy atom. The van der Waals surface area contributed by atoms with Crippen LogP contribution in [0.1, 0.15) is 33.1 Å². The minimum Gasteiger partial charge on any atom is -0.373 e. The molecule has 0 aliphatic carbocycles. The van der Waals surface area contributed by atoms with Gasteiger partial charge < -0.3 is 15.8 Å². The fourth-order valence-corrected chi connectivity index (χ4v) is 3.55. The Balaban J connectivity index is 2.12. The molecule has 2 aliphatic rings. The molecule has 1 saturated heterocycles. The first-order chi connectivity index (χ1) is 12.5. The Morgan fingerprint density at radius 1 is 1.38 bits per heavy atom. The molecule has 0 aromatic heterocycles. The number of rotatable bonds is 7. The number of aliphatic hydroxyl groups is 1. The molecule has 1 fully saturated rings. The van der Waals surface area contributed by atoms with E-state index in [2.05, 4.69) is 41.7 Å². The van der Waals surface area contributed by atoms with Crippen LogP contribution in [-0.2, 0) is 0 Å². The molecule has 2 heterocycles. The van der Waals surface area contributed by atoms with Gasteiger partial charge in [-0.05, 0) is 64.4 Å². The van der Waals surface area contributed by atoms with Crippen molar-refractivity contribution in [3.63, 3.8) is 0 Å². The molecule has 0 saturated carbocycles. The lowest BCUT2D eigenvalue weighted by molar-refractivity contribution is 0.0795. The van der Waals surface area contributed by atoms with Gasteiger partial charge in [-0.2, -0.15) is 0 Å². The van der Waals surface area contributed by atoms with Crippen molar-refractivity contribution >= 4 is 12.4 Å². The van der Waals surface area contributed by atoms with Crippen LogP contribution in [-0.4, -0.2) is 53.8 Å². The average molecular weight is 357 g/mol. The molecule has 142 valence electrons. The lowest BCUT2D eigenvalue weighted by Gasteiger charge is -2.33. The highest BCUT2D eigenvalue weighted by Gasteiger charge is 2.30. The SMILES string of the molecule is C=CC([C@H](C=N)C(O)NC1=C/C=C(\C)C[C@@H](C)N=C/C=C\1)N1CCCC1. The van der Waals surface area contributed by atoms with Gasteiger partial charge in [-0.3, -0.25) is 9.89 Å². The van der Waals surface area contributed by atoms with E-state index in [1.54, 1.807) is 6.21 Å². The zero-order chi connectivity index (χ0) is 18.9. The van der Waals surface area contributed by atoms with Crippen molar-refractivity contribution < 1.29 is 5.11 Å². The molecule has 2 aliphatic heterocycles. The van der Waals surface area contributed by atoms with Gasteiger partial charge in [0.2, 0.25) is 0 Å². The minimum atomic E-state index is -0.862. The predicted molar refractivity (Wildman–Crippen MR) is 110 cm³/mol. The predicted octanol–water partition coefficient (Wildman–Crippen LogP) is 3.06. The largest absolute Gasteiger partial charge is 0.373 e. The van der Waals surface area contributed by atoms with E-state index in [0.29, 0.717) is 0 Å². The molecular weight excluding hydrogens is 324 g/mol. The fraction of sp³-hybridized carbons (Fsp3) is 0.524. The second-order valence-corrected chi connectivity index (χ2v) is 7.15. The van der Waals surface area contributed by atoms with Crippen LogP contribution in [0.4, 0.5) is 0 Å². The molecule has 4 atom stereocenters. The highest BCUT2D eigenvalue weighted by Crippen LogP contribution is 2.20. The summed E-state index contributed by atoms with van der Waals surface area (Å²) in [5.41, 5.74) is 2.04. The maximum absolute atomic E-state index is 10.8. The number of aliphatic imine (C=N–C) groups is 1. The third-order valence-electron chi connectivity index (χ3n) is 4.94. The number of allylic oxidation sites excluding steroid dienone is 4. The standard InChI is InChI=1S/C21H32N4O/c1-4-20(25-12-5-6-13-25)19(15-22)21(26)24-18-8-7-11-23-17(3)14-16(2)9-10-18/h4,7-11,15,17,19-22,24,26H,1,5-6,12-14H2,2-3H3/b8-7-,16-9+,18-10+,22-15?,23-11?/t17-,19+,20?,21?/m1/s1. The summed E-state index contributed by atoms with van der Waals surface area (Å²) in [7, 11) is 0. The van der Waals surface area contributed by atoms with E-state index in [1.807, 2.05) is 24.3 Å². The van der Waals surface area contributed by atoms with Crippen LogP contribution in [0.25, 0.3) is 0 Å². The molecule has 0 amide bonds. The van der Waals surface area contributed by atoms with Gasteiger partial charge in [-0.1, -0.05) is 17.7 Å². The normalized spacial score (nSPS) is 30.2. The average Bonchev–Trinajstić information content (AvgIpc) is 3.14. The van der Waals surface area contributed by atoms with Crippen LogP contribution in [0.15, 0.2) is 53.2 Å². The van der Waals surface area contributed by atoms with Crippen LogP contribution in [0, 0.1) is 11.3 Å². The van der Waals surface area contributed by atoms with Crippen LogP contribution < -0.4 is 5.32 Å². The van der Waals surface area contributed by atoms with Gasteiger partial charge >= 0.3 is 0 Å². The van der Waals surface area contributed by atoms with E-state index in [9.17, 15) is 5.11 Å². The summed E-state index contributed by atoms with van der Waals surface area (Å²) in [4.78, 5) is 6.76. The van der Waals surface area contributed by atoms with Crippen LogP contribution >= 0.6 is 0 Å². The maximum Gasteiger partial charge on any atom is 0.134 e. The van der Waals surface area contributed by atoms with Crippen molar-refractivity contribution in [1.29, 1.82) is 5.41 Å². The van der Waals surface area contributed by atoms with E-state index < -0.39 is 6.23 Å². The smallest absolute Gasteiger partial charge is 0.134 e. The van der Waals surface area contributed by atoms with Gasteiger partial charge in [-0.25, -0.2) is 0 Å². The molecule has 2 rings (SSSR count). The molecule has 3 N–H and O–H groups in total. The Bertz CT molecular complexity index is 599. The van der Waals surface area contributed by atoms with Crippen molar-refractivity contribution in [3.05, 3.63) is 48.2 Å². The van der Waals surface area contributed by atoms with E-state index in [4.69, 9.17) is 5.41 Å². The lowest BCUT2D eigenvalue weighted by Crippen LogP contribution is -2.48. The molecule has 0 aromatic carbocycles. The molecular formula is C21H32N4O. The molecule has 0 radical (unpaired) electrons. The van der Waals surface area contributed by atoms with E-state index in [0.717, 1.165) is 38.0 Å². The number of nitrogens with one attached hydrogen (secondary N) is 2. The summed E-state index contributed by atoms with van der Waals surface area (Å²) in [6.45, 7) is 10.1. The topological polar surface area (TPSA) is 71.7 Å².